The molecular weight excluding hydrogens is 477 g/mol. The fraction of sp³-hybridized carbons (Fsp3) is 0.200. The fourth-order valence-corrected chi connectivity index (χ4v) is 3.80. The zero-order valence-electron chi connectivity index (χ0n) is 18.1. The van der Waals surface area contributed by atoms with Gasteiger partial charge in [-0.2, -0.15) is 0 Å². The van der Waals surface area contributed by atoms with Crippen LogP contribution in [0.5, 0.6) is 0 Å². The van der Waals surface area contributed by atoms with Crippen LogP contribution in [0.3, 0.4) is 0 Å². The molecule has 0 saturated heterocycles. The summed E-state index contributed by atoms with van der Waals surface area (Å²) >= 11 is 12.0. The van der Waals surface area contributed by atoms with Crippen LogP contribution in [0.1, 0.15) is 35.2 Å². The number of hydrogen-bond donors (Lipinski definition) is 2. The molecular formula is C25H21Cl2N3O4. The second kappa shape index (κ2) is 11.5. The van der Waals surface area contributed by atoms with Gasteiger partial charge in [0.1, 0.15) is 0 Å². The third-order valence-electron chi connectivity index (χ3n) is 5.08. The first-order valence-electron chi connectivity index (χ1n) is 10.4. The number of rotatable bonds is 9. The highest BCUT2D eigenvalue weighted by molar-refractivity contribution is 6.35. The van der Waals surface area contributed by atoms with Gasteiger partial charge in [-0.1, -0.05) is 35.2 Å². The van der Waals surface area contributed by atoms with E-state index in [0.29, 0.717) is 33.3 Å². The van der Waals surface area contributed by atoms with E-state index < -0.39 is 11.8 Å². The molecule has 0 aliphatic carbocycles. The lowest BCUT2D eigenvalue weighted by Crippen LogP contribution is -2.31. The van der Waals surface area contributed by atoms with E-state index in [2.05, 4.69) is 16.6 Å². The molecule has 174 valence electrons. The summed E-state index contributed by atoms with van der Waals surface area (Å²) in [7, 11) is 0. The zero-order chi connectivity index (χ0) is 24.7. The second-order valence-corrected chi connectivity index (χ2v) is 8.29. The molecule has 1 heterocycles. The molecule has 1 aliphatic rings. The monoisotopic (exact) mass is 497 g/mol. The van der Waals surface area contributed by atoms with E-state index >= 15 is 0 Å². The number of carbonyl (C=O) groups is 4. The number of carbonyl (C=O) groups excluding carboxylic acids is 4. The molecule has 1 aliphatic heterocycles. The third-order valence-corrected chi connectivity index (χ3v) is 5.66. The quantitative estimate of drug-likeness (QED) is 0.408. The maximum atomic E-state index is 12.7. The predicted octanol–water partition coefficient (Wildman–Crippen LogP) is 3.64. The molecule has 0 bridgehead atoms. The Balaban J connectivity index is 1.56. The molecule has 2 aromatic rings. The maximum absolute atomic E-state index is 12.7. The van der Waals surface area contributed by atoms with Crippen molar-refractivity contribution in [1.29, 1.82) is 0 Å². The van der Waals surface area contributed by atoms with Gasteiger partial charge >= 0.3 is 0 Å². The first kappa shape index (κ1) is 25.0. The first-order valence-corrected chi connectivity index (χ1v) is 11.2. The maximum Gasteiger partial charge on any atom is 0.261 e. The standard InChI is InChI=1S/C25H21Cl2N3O4/c1-2-12-28-22(31)5-3-4-17-13-23(32)30(25(17)34)20-10-7-16(8-11-20)24(33)29-15-18-6-9-19(26)14-21(18)27/h1,6-11,13-14H,3-5,12,15H2,(H,28,31)(H,29,33). The topological polar surface area (TPSA) is 95.6 Å². The Kier molecular flexibility index (Phi) is 8.47. The van der Waals surface area contributed by atoms with Gasteiger partial charge in [0.15, 0.2) is 0 Å². The van der Waals surface area contributed by atoms with Crippen LogP contribution in [0.25, 0.3) is 0 Å². The highest BCUT2D eigenvalue weighted by Gasteiger charge is 2.31. The van der Waals surface area contributed by atoms with Crippen LogP contribution in [0.2, 0.25) is 10.0 Å². The lowest BCUT2D eigenvalue weighted by Gasteiger charge is -2.15. The number of imide groups is 1. The molecule has 2 N–H and O–H groups in total. The Bertz CT molecular complexity index is 1200. The van der Waals surface area contributed by atoms with Crippen molar-refractivity contribution < 1.29 is 19.2 Å². The van der Waals surface area contributed by atoms with Gasteiger partial charge in [-0.15, -0.1) is 6.42 Å². The smallest absolute Gasteiger partial charge is 0.261 e. The van der Waals surface area contributed by atoms with Gasteiger partial charge in [0, 0.05) is 40.2 Å². The van der Waals surface area contributed by atoms with Crippen LogP contribution in [-0.2, 0) is 20.9 Å². The summed E-state index contributed by atoms with van der Waals surface area (Å²) in [6, 6.07) is 11.1. The minimum atomic E-state index is -0.466. The molecule has 0 atom stereocenters. The highest BCUT2D eigenvalue weighted by atomic mass is 35.5. The van der Waals surface area contributed by atoms with Crippen molar-refractivity contribution in [3.8, 4) is 12.3 Å². The molecule has 0 fully saturated rings. The number of hydrogen-bond acceptors (Lipinski definition) is 4. The van der Waals surface area contributed by atoms with E-state index in [4.69, 9.17) is 29.6 Å². The average molecular weight is 498 g/mol. The molecule has 0 saturated carbocycles. The van der Waals surface area contributed by atoms with Gasteiger partial charge in [-0.3, -0.25) is 19.2 Å². The highest BCUT2D eigenvalue weighted by Crippen LogP contribution is 2.26. The van der Waals surface area contributed by atoms with Gasteiger partial charge in [0.25, 0.3) is 17.7 Å². The van der Waals surface area contributed by atoms with Crippen molar-refractivity contribution in [1.82, 2.24) is 10.6 Å². The summed E-state index contributed by atoms with van der Waals surface area (Å²) in [5.74, 6) is 0.862. The molecule has 4 amide bonds. The van der Waals surface area contributed by atoms with Gasteiger partial charge in [0.2, 0.25) is 5.91 Å². The average Bonchev–Trinajstić information content (AvgIpc) is 3.09. The first-order chi connectivity index (χ1) is 16.3. The van der Waals surface area contributed by atoms with E-state index in [1.165, 1.54) is 30.3 Å². The lowest BCUT2D eigenvalue weighted by molar-refractivity contribution is -0.122. The Morgan fingerprint density at radius 1 is 1.03 bits per heavy atom. The van der Waals surface area contributed by atoms with Gasteiger partial charge in [0.05, 0.1) is 12.2 Å². The zero-order valence-corrected chi connectivity index (χ0v) is 19.6. The van der Waals surface area contributed by atoms with Crippen molar-refractivity contribution in [2.45, 2.75) is 25.8 Å². The molecule has 34 heavy (non-hydrogen) atoms. The van der Waals surface area contributed by atoms with Crippen molar-refractivity contribution in [3.05, 3.63) is 75.3 Å². The van der Waals surface area contributed by atoms with Gasteiger partial charge in [-0.25, -0.2) is 4.90 Å². The molecule has 3 rings (SSSR count). The van der Waals surface area contributed by atoms with Crippen molar-refractivity contribution in [3.63, 3.8) is 0 Å². The summed E-state index contributed by atoms with van der Waals surface area (Å²) in [5.41, 5.74) is 1.76. The van der Waals surface area contributed by atoms with Crippen LogP contribution in [0.15, 0.2) is 54.1 Å². The van der Waals surface area contributed by atoms with Crippen LogP contribution < -0.4 is 15.5 Å². The van der Waals surface area contributed by atoms with Gasteiger partial charge in [-0.05, 0) is 54.8 Å². The number of amides is 4. The predicted molar refractivity (Wildman–Crippen MR) is 130 cm³/mol. The summed E-state index contributed by atoms with van der Waals surface area (Å²) in [6.07, 6.45) is 7.27. The van der Waals surface area contributed by atoms with E-state index in [-0.39, 0.29) is 37.7 Å². The Labute approximate surface area is 207 Å². The summed E-state index contributed by atoms with van der Waals surface area (Å²) in [6.45, 7) is 0.364. The molecule has 0 spiro atoms. The Morgan fingerprint density at radius 3 is 2.44 bits per heavy atom. The van der Waals surface area contributed by atoms with E-state index in [1.54, 1.807) is 18.2 Å². The molecule has 7 nitrogen and oxygen atoms in total. The van der Waals surface area contributed by atoms with E-state index in [9.17, 15) is 19.2 Å². The molecule has 0 aromatic heterocycles. The van der Waals surface area contributed by atoms with Crippen LogP contribution in [-0.4, -0.2) is 30.2 Å². The molecule has 2 aromatic carbocycles. The van der Waals surface area contributed by atoms with Crippen LogP contribution in [0.4, 0.5) is 5.69 Å². The van der Waals surface area contributed by atoms with Crippen LogP contribution in [0, 0.1) is 12.3 Å². The number of nitrogens with one attached hydrogen (secondary N) is 2. The normalized spacial score (nSPS) is 12.9. The van der Waals surface area contributed by atoms with Gasteiger partial charge < -0.3 is 10.6 Å². The Morgan fingerprint density at radius 2 is 1.76 bits per heavy atom. The minimum absolute atomic E-state index is 0.148. The van der Waals surface area contributed by atoms with E-state index in [0.717, 1.165) is 10.5 Å². The lowest BCUT2D eigenvalue weighted by atomic mass is 10.1. The van der Waals surface area contributed by atoms with Crippen LogP contribution >= 0.6 is 23.2 Å². The Hall–Kier alpha value is -3.60. The molecule has 0 unspecified atom stereocenters. The minimum Gasteiger partial charge on any atom is -0.348 e. The largest absolute Gasteiger partial charge is 0.348 e. The summed E-state index contributed by atoms with van der Waals surface area (Å²) in [4.78, 5) is 50.2. The number of nitrogens with zero attached hydrogens (tertiary/aromatic N) is 1. The SMILES string of the molecule is C#CCNC(=O)CCCC1=CC(=O)N(c2ccc(C(=O)NCc3ccc(Cl)cc3Cl)cc2)C1=O. The molecule has 9 heteroatoms. The number of terminal acetylenes is 1. The molecule has 0 radical (unpaired) electrons. The second-order valence-electron chi connectivity index (χ2n) is 7.45. The fourth-order valence-electron chi connectivity index (χ4n) is 3.32. The van der Waals surface area contributed by atoms with Crippen molar-refractivity contribution in [2.75, 3.05) is 11.4 Å². The van der Waals surface area contributed by atoms with Crippen molar-refractivity contribution >= 4 is 52.5 Å². The number of anilines is 1. The summed E-state index contributed by atoms with van der Waals surface area (Å²) in [5, 5.41) is 6.27. The summed E-state index contributed by atoms with van der Waals surface area (Å²) < 4.78 is 0. The van der Waals surface area contributed by atoms with Crippen molar-refractivity contribution in [2.24, 2.45) is 0 Å². The van der Waals surface area contributed by atoms with E-state index in [1.807, 2.05) is 0 Å². The third kappa shape index (κ3) is 6.25. The number of benzene rings is 2. The number of halogens is 2.